The molecule has 0 aliphatic rings. The lowest BCUT2D eigenvalue weighted by atomic mass is 9.99. The SMILES string of the molecule is CCS(=O)c1ccccc1C(=O)OCC(=O)NC(Cc1ccccc1)c1ccccc1. The van der Waals surface area contributed by atoms with Gasteiger partial charge in [0.25, 0.3) is 5.91 Å². The van der Waals surface area contributed by atoms with Crippen LogP contribution in [0.5, 0.6) is 0 Å². The monoisotopic (exact) mass is 435 g/mol. The molecule has 3 aromatic carbocycles. The first-order valence-corrected chi connectivity index (χ1v) is 11.4. The third kappa shape index (κ3) is 6.36. The fourth-order valence-corrected chi connectivity index (χ4v) is 4.16. The van der Waals surface area contributed by atoms with E-state index in [-0.39, 0.29) is 11.6 Å². The Kier molecular flexibility index (Phi) is 8.12. The van der Waals surface area contributed by atoms with Crippen molar-refractivity contribution in [3.8, 4) is 0 Å². The highest BCUT2D eigenvalue weighted by Gasteiger charge is 2.19. The zero-order chi connectivity index (χ0) is 22.1. The third-order valence-electron chi connectivity index (χ3n) is 4.77. The van der Waals surface area contributed by atoms with Crippen molar-refractivity contribution in [3.63, 3.8) is 0 Å². The zero-order valence-corrected chi connectivity index (χ0v) is 18.1. The third-order valence-corrected chi connectivity index (χ3v) is 6.14. The Morgan fingerprint density at radius 3 is 2.19 bits per heavy atom. The maximum absolute atomic E-state index is 12.6. The molecule has 0 saturated carbocycles. The van der Waals surface area contributed by atoms with Gasteiger partial charge in [0.05, 0.1) is 27.3 Å². The van der Waals surface area contributed by atoms with Gasteiger partial charge < -0.3 is 10.1 Å². The van der Waals surface area contributed by atoms with Gasteiger partial charge in [-0.25, -0.2) is 4.79 Å². The normalized spacial score (nSPS) is 12.5. The summed E-state index contributed by atoms with van der Waals surface area (Å²) >= 11 is 0. The average Bonchev–Trinajstić information content (AvgIpc) is 2.83. The van der Waals surface area contributed by atoms with Gasteiger partial charge in [-0.1, -0.05) is 79.7 Å². The zero-order valence-electron chi connectivity index (χ0n) is 17.3. The summed E-state index contributed by atoms with van der Waals surface area (Å²) in [6.07, 6.45) is 0.614. The average molecular weight is 436 g/mol. The molecule has 1 N–H and O–H groups in total. The fourth-order valence-electron chi connectivity index (χ4n) is 3.22. The van der Waals surface area contributed by atoms with Crippen LogP contribution >= 0.6 is 0 Å². The Morgan fingerprint density at radius 1 is 0.903 bits per heavy atom. The van der Waals surface area contributed by atoms with Crippen molar-refractivity contribution in [3.05, 3.63) is 102 Å². The number of amides is 1. The van der Waals surface area contributed by atoms with E-state index in [4.69, 9.17) is 4.74 Å². The van der Waals surface area contributed by atoms with Gasteiger partial charge in [0.1, 0.15) is 0 Å². The van der Waals surface area contributed by atoms with E-state index in [1.54, 1.807) is 31.2 Å². The van der Waals surface area contributed by atoms with Crippen molar-refractivity contribution in [1.29, 1.82) is 0 Å². The van der Waals surface area contributed by atoms with Gasteiger partial charge in [0, 0.05) is 5.75 Å². The number of ether oxygens (including phenoxy) is 1. The van der Waals surface area contributed by atoms with Crippen molar-refractivity contribution in [2.75, 3.05) is 12.4 Å². The van der Waals surface area contributed by atoms with Gasteiger partial charge >= 0.3 is 5.97 Å². The smallest absolute Gasteiger partial charge is 0.339 e. The lowest BCUT2D eigenvalue weighted by Gasteiger charge is -2.19. The van der Waals surface area contributed by atoms with E-state index in [9.17, 15) is 13.8 Å². The number of esters is 1. The first-order chi connectivity index (χ1) is 15.1. The second kappa shape index (κ2) is 11.2. The summed E-state index contributed by atoms with van der Waals surface area (Å²) in [4.78, 5) is 25.5. The molecule has 2 atom stereocenters. The van der Waals surface area contributed by atoms with Crippen LogP contribution < -0.4 is 5.32 Å². The van der Waals surface area contributed by atoms with Crippen LogP contribution in [-0.4, -0.2) is 28.4 Å². The van der Waals surface area contributed by atoms with Gasteiger partial charge in [-0.2, -0.15) is 0 Å². The number of rotatable bonds is 9. The fraction of sp³-hybridized carbons (Fsp3) is 0.200. The van der Waals surface area contributed by atoms with Gasteiger partial charge in [0.2, 0.25) is 0 Å². The summed E-state index contributed by atoms with van der Waals surface area (Å²) in [6.45, 7) is 1.37. The molecule has 2 unspecified atom stereocenters. The molecule has 160 valence electrons. The van der Waals surface area contributed by atoms with Gasteiger partial charge in [-0.05, 0) is 29.7 Å². The molecule has 31 heavy (non-hydrogen) atoms. The van der Waals surface area contributed by atoms with Crippen LogP contribution in [0.15, 0.2) is 89.8 Å². The van der Waals surface area contributed by atoms with E-state index in [2.05, 4.69) is 5.32 Å². The number of carbonyl (C=O) groups is 2. The molecule has 0 aliphatic carbocycles. The van der Waals surface area contributed by atoms with Crippen molar-refractivity contribution < 1.29 is 18.5 Å². The largest absolute Gasteiger partial charge is 0.452 e. The predicted molar refractivity (Wildman–Crippen MR) is 121 cm³/mol. The minimum Gasteiger partial charge on any atom is -0.452 e. The molecule has 0 spiro atoms. The lowest BCUT2D eigenvalue weighted by Crippen LogP contribution is -2.33. The van der Waals surface area contributed by atoms with Crippen LogP contribution in [0.2, 0.25) is 0 Å². The van der Waals surface area contributed by atoms with Crippen LogP contribution in [0, 0.1) is 0 Å². The van der Waals surface area contributed by atoms with E-state index in [1.165, 1.54) is 0 Å². The summed E-state index contributed by atoms with van der Waals surface area (Å²) < 4.78 is 17.4. The minimum atomic E-state index is -1.29. The molecule has 0 bridgehead atoms. The van der Waals surface area contributed by atoms with Crippen LogP contribution in [-0.2, 0) is 26.8 Å². The van der Waals surface area contributed by atoms with Gasteiger partial charge in [-0.3, -0.25) is 9.00 Å². The van der Waals surface area contributed by atoms with Crippen LogP contribution in [0.25, 0.3) is 0 Å². The van der Waals surface area contributed by atoms with Crippen LogP contribution in [0.3, 0.4) is 0 Å². The highest BCUT2D eigenvalue weighted by atomic mass is 32.2. The molecule has 3 rings (SSSR count). The first kappa shape index (κ1) is 22.4. The van der Waals surface area contributed by atoms with Gasteiger partial charge in [0.15, 0.2) is 6.61 Å². The number of hydrogen-bond donors (Lipinski definition) is 1. The lowest BCUT2D eigenvalue weighted by molar-refractivity contribution is -0.125. The Labute approximate surface area is 184 Å². The predicted octanol–water partition coefficient (Wildman–Crippen LogP) is 4.07. The topological polar surface area (TPSA) is 72.5 Å². The first-order valence-electron chi connectivity index (χ1n) is 10.1. The minimum absolute atomic E-state index is 0.222. The number of hydrogen-bond acceptors (Lipinski definition) is 4. The molecule has 0 aliphatic heterocycles. The summed E-state index contributed by atoms with van der Waals surface area (Å²) in [5.41, 5.74) is 2.28. The molecule has 6 heteroatoms. The summed E-state index contributed by atoms with van der Waals surface area (Å²) in [5.74, 6) is -0.665. The quantitative estimate of drug-likeness (QED) is 0.514. The second-order valence-electron chi connectivity index (χ2n) is 6.93. The maximum atomic E-state index is 12.6. The molecule has 1 amide bonds. The van der Waals surface area contributed by atoms with Crippen LogP contribution in [0.4, 0.5) is 0 Å². The van der Waals surface area contributed by atoms with E-state index in [1.807, 2.05) is 60.7 Å². The Morgan fingerprint density at radius 2 is 1.52 bits per heavy atom. The van der Waals surface area contributed by atoms with Crippen molar-refractivity contribution in [1.82, 2.24) is 5.32 Å². The molecule has 0 saturated heterocycles. The van der Waals surface area contributed by atoms with Crippen LogP contribution in [0.1, 0.15) is 34.5 Å². The van der Waals surface area contributed by atoms with E-state index in [0.29, 0.717) is 17.1 Å². The summed E-state index contributed by atoms with van der Waals surface area (Å²) in [5, 5.41) is 2.96. The maximum Gasteiger partial charge on any atom is 0.339 e. The van der Waals surface area contributed by atoms with E-state index >= 15 is 0 Å². The highest BCUT2D eigenvalue weighted by Crippen LogP contribution is 2.19. The molecule has 3 aromatic rings. The molecule has 0 radical (unpaired) electrons. The van der Waals surface area contributed by atoms with Gasteiger partial charge in [-0.15, -0.1) is 0 Å². The Bertz CT molecular complexity index is 1040. The molecular weight excluding hydrogens is 410 g/mol. The number of carbonyl (C=O) groups excluding carboxylic acids is 2. The Balaban J connectivity index is 1.66. The molecular formula is C25H25NO4S. The molecule has 0 aromatic heterocycles. The summed E-state index contributed by atoms with van der Waals surface area (Å²) in [7, 11) is -1.29. The van der Waals surface area contributed by atoms with Crippen molar-refractivity contribution in [2.45, 2.75) is 24.3 Å². The van der Waals surface area contributed by atoms with Crippen molar-refractivity contribution in [2.24, 2.45) is 0 Å². The van der Waals surface area contributed by atoms with Crippen molar-refractivity contribution >= 4 is 22.7 Å². The number of nitrogens with one attached hydrogen (secondary N) is 1. The van der Waals surface area contributed by atoms with E-state index in [0.717, 1.165) is 11.1 Å². The molecule has 0 heterocycles. The highest BCUT2D eigenvalue weighted by molar-refractivity contribution is 7.85. The molecule has 5 nitrogen and oxygen atoms in total. The Hall–Kier alpha value is -3.25. The standard InChI is InChI=1S/C25H25NO4S/c1-2-31(29)23-16-10-9-15-21(23)25(28)30-18-24(27)26-22(20-13-7-4-8-14-20)17-19-11-5-3-6-12-19/h3-16,22H,2,17-18H2,1H3,(H,26,27). The summed E-state index contributed by atoms with van der Waals surface area (Å²) in [6, 6.07) is 25.9. The van der Waals surface area contributed by atoms with E-state index < -0.39 is 29.3 Å². The molecule has 0 fully saturated rings. The number of benzene rings is 3. The second-order valence-corrected chi connectivity index (χ2v) is 8.64.